The molecule has 1 aliphatic rings. The molecule has 0 atom stereocenters. The van der Waals surface area contributed by atoms with Gasteiger partial charge in [-0.15, -0.1) is 0 Å². The van der Waals surface area contributed by atoms with Crippen LogP contribution in [-0.4, -0.2) is 12.6 Å². The fraction of sp³-hybridized carbons (Fsp3) is 0.705. The maximum absolute atomic E-state index is 12.6. The molecule has 0 aromatic heterocycles. The zero-order chi connectivity index (χ0) is 32.3. The number of ether oxygens (including phenoxy) is 1. The zero-order valence-electron chi connectivity index (χ0n) is 30.1. The van der Waals surface area contributed by atoms with Gasteiger partial charge in [0.2, 0.25) is 0 Å². The van der Waals surface area contributed by atoms with Crippen LogP contribution in [0.15, 0.2) is 42.5 Å². The Bertz CT molecular complexity index is 1040. The van der Waals surface area contributed by atoms with E-state index in [4.69, 9.17) is 4.74 Å². The van der Waals surface area contributed by atoms with E-state index in [0.29, 0.717) is 12.2 Å². The lowest BCUT2D eigenvalue weighted by Gasteiger charge is -2.07. The Kier molecular flexibility index (Phi) is 21.6. The van der Waals surface area contributed by atoms with Crippen molar-refractivity contribution in [2.45, 2.75) is 193 Å². The summed E-state index contributed by atoms with van der Waals surface area (Å²) in [5.74, 6) is -0.183. The number of esters is 1. The van der Waals surface area contributed by atoms with Crippen molar-refractivity contribution < 1.29 is 9.53 Å². The largest absolute Gasteiger partial charge is 0.462 e. The molecule has 2 aromatic rings. The molecular weight excluding hydrogens is 560 g/mol. The molecule has 2 aromatic carbocycles. The van der Waals surface area contributed by atoms with Crippen LogP contribution in [0, 0.1) is 0 Å². The molecule has 0 spiro atoms. The van der Waals surface area contributed by atoms with E-state index in [0.717, 1.165) is 19.3 Å². The van der Waals surface area contributed by atoms with Gasteiger partial charge in [0.15, 0.2) is 0 Å². The van der Waals surface area contributed by atoms with Crippen molar-refractivity contribution in [1.29, 1.82) is 0 Å². The van der Waals surface area contributed by atoms with Gasteiger partial charge in [-0.3, -0.25) is 0 Å². The summed E-state index contributed by atoms with van der Waals surface area (Å²) in [7, 11) is 0. The molecule has 0 amide bonds. The van der Waals surface area contributed by atoms with Crippen LogP contribution in [0.3, 0.4) is 0 Å². The van der Waals surface area contributed by atoms with E-state index in [1.54, 1.807) is 0 Å². The molecule has 2 nitrogen and oxygen atoms in total. The Balaban J connectivity index is 0.988. The van der Waals surface area contributed by atoms with Gasteiger partial charge in [-0.05, 0) is 47.2 Å². The lowest BCUT2D eigenvalue weighted by atomic mass is 10.0. The van der Waals surface area contributed by atoms with Gasteiger partial charge in [0, 0.05) is 0 Å². The SMILES string of the molecule is CCCCCCCCCCCCCCCCCCCCCCCCCCCCCCOC(=O)c1ccc2c(c1)-c1ccccc1C2. The summed E-state index contributed by atoms with van der Waals surface area (Å²) >= 11 is 0. The molecule has 3 rings (SSSR count). The lowest BCUT2D eigenvalue weighted by Crippen LogP contribution is -2.06. The van der Waals surface area contributed by atoms with Gasteiger partial charge in [-0.2, -0.15) is 0 Å². The molecule has 0 fully saturated rings. The molecule has 0 radical (unpaired) electrons. The van der Waals surface area contributed by atoms with Crippen LogP contribution >= 0.6 is 0 Å². The van der Waals surface area contributed by atoms with Crippen LogP contribution in [0.25, 0.3) is 11.1 Å². The van der Waals surface area contributed by atoms with Crippen molar-refractivity contribution in [3.8, 4) is 11.1 Å². The summed E-state index contributed by atoms with van der Waals surface area (Å²) in [5, 5.41) is 0. The fourth-order valence-electron chi connectivity index (χ4n) is 7.27. The number of hydrogen-bond donors (Lipinski definition) is 0. The first-order chi connectivity index (χ1) is 22.8. The van der Waals surface area contributed by atoms with Gasteiger partial charge >= 0.3 is 5.97 Å². The van der Waals surface area contributed by atoms with Crippen molar-refractivity contribution in [3.63, 3.8) is 0 Å². The summed E-state index contributed by atoms with van der Waals surface area (Å²) in [5.41, 5.74) is 5.77. The minimum atomic E-state index is -0.183. The highest BCUT2D eigenvalue weighted by molar-refractivity contribution is 5.92. The number of hydrogen-bond acceptors (Lipinski definition) is 2. The van der Waals surface area contributed by atoms with Gasteiger partial charge in [0.1, 0.15) is 0 Å². The quantitative estimate of drug-likeness (QED) is 0.0541. The zero-order valence-corrected chi connectivity index (χ0v) is 30.1. The molecule has 0 bridgehead atoms. The molecular formula is C44H70O2. The number of unbranched alkanes of at least 4 members (excludes halogenated alkanes) is 27. The predicted octanol–water partition coefficient (Wildman–Crippen LogP) is 14.4. The van der Waals surface area contributed by atoms with E-state index in [9.17, 15) is 4.79 Å². The van der Waals surface area contributed by atoms with E-state index in [2.05, 4.69) is 37.3 Å². The monoisotopic (exact) mass is 631 g/mol. The lowest BCUT2D eigenvalue weighted by molar-refractivity contribution is 0.0497. The Morgan fingerprint density at radius 3 is 1.33 bits per heavy atom. The second kappa shape index (κ2) is 25.9. The van der Waals surface area contributed by atoms with E-state index in [1.807, 2.05) is 12.1 Å². The van der Waals surface area contributed by atoms with Crippen LogP contribution in [0.1, 0.15) is 208 Å². The first kappa shape index (κ1) is 38.4. The minimum Gasteiger partial charge on any atom is -0.462 e. The molecule has 1 aliphatic carbocycles. The van der Waals surface area contributed by atoms with Gasteiger partial charge in [-0.25, -0.2) is 4.79 Å². The van der Waals surface area contributed by atoms with Crippen LogP contribution in [0.2, 0.25) is 0 Å². The number of benzene rings is 2. The van der Waals surface area contributed by atoms with Crippen molar-refractivity contribution >= 4 is 5.97 Å². The van der Waals surface area contributed by atoms with Gasteiger partial charge < -0.3 is 4.74 Å². The number of rotatable bonds is 30. The second-order valence-corrected chi connectivity index (χ2v) is 14.4. The summed E-state index contributed by atoms with van der Waals surface area (Å²) in [6.07, 6.45) is 40.4. The maximum atomic E-state index is 12.6. The molecule has 0 unspecified atom stereocenters. The Morgan fingerprint density at radius 1 is 0.478 bits per heavy atom. The standard InChI is InChI=1S/C44H70O2/c1-2-3-4-5-6-7-8-9-10-11-12-13-14-15-16-17-18-19-20-21-22-23-24-25-26-27-28-31-36-46-44(45)41-35-34-40-37-39-32-29-30-33-42(39)43(40)38-41/h29-30,32-35,38H,2-28,31,36-37H2,1H3. The van der Waals surface area contributed by atoms with Gasteiger partial charge in [-0.1, -0.05) is 211 Å². The Hall–Kier alpha value is -2.09. The highest BCUT2D eigenvalue weighted by Crippen LogP contribution is 2.37. The number of fused-ring (bicyclic) bond motifs is 3. The van der Waals surface area contributed by atoms with Crippen LogP contribution in [0.5, 0.6) is 0 Å². The van der Waals surface area contributed by atoms with E-state index in [-0.39, 0.29) is 5.97 Å². The van der Waals surface area contributed by atoms with E-state index in [1.165, 1.54) is 189 Å². The van der Waals surface area contributed by atoms with Gasteiger partial charge in [0.25, 0.3) is 0 Å². The predicted molar refractivity (Wildman–Crippen MR) is 200 cm³/mol. The first-order valence-electron chi connectivity index (χ1n) is 20.2. The summed E-state index contributed by atoms with van der Waals surface area (Å²) in [6, 6.07) is 14.5. The van der Waals surface area contributed by atoms with Crippen molar-refractivity contribution in [3.05, 3.63) is 59.2 Å². The Labute approximate surface area is 284 Å². The third-order valence-corrected chi connectivity index (χ3v) is 10.3. The highest BCUT2D eigenvalue weighted by atomic mass is 16.5. The molecule has 0 aliphatic heterocycles. The normalized spacial score (nSPS) is 11.9. The Morgan fingerprint density at radius 2 is 0.870 bits per heavy atom. The van der Waals surface area contributed by atoms with E-state index >= 15 is 0 Å². The average Bonchev–Trinajstić information content (AvgIpc) is 3.45. The second-order valence-electron chi connectivity index (χ2n) is 14.4. The van der Waals surface area contributed by atoms with Gasteiger partial charge in [0.05, 0.1) is 12.2 Å². The highest BCUT2D eigenvalue weighted by Gasteiger charge is 2.19. The van der Waals surface area contributed by atoms with Crippen molar-refractivity contribution in [1.82, 2.24) is 0 Å². The van der Waals surface area contributed by atoms with Crippen LogP contribution in [-0.2, 0) is 11.2 Å². The molecule has 258 valence electrons. The molecule has 0 saturated heterocycles. The molecule has 0 saturated carbocycles. The number of carbonyl (C=O) groups is 1. The van der Waals surface area contributed by atoms with Crippen LogP contribution in [0.4, 0.5) is 0 Å². The molecule has 0 N–H and O–H groups in total. The topological polar surface area (TPSA) is 26.3 Å². The number of carbonyl (C=O) groups excluding carboxylic acids is 1. The minimum absolute atomic E-state index is 0.183. The third kappa shape index (κ3) is 16.6. The summed E-state index contributed by atoms with van der Waals surface area (Å²) in [6.45, 7) is 2.84. The maximum Gasteiger partial charge on any atom is 0.338 e. The first-order valence-corrected chi connectivity index (χ1v) is 20.2. The molecule has 2 heteroatoms. The van der Waals surface area contributed by atoms with Crippen molar-refractivity contribution in [2.24, 2.45) is 0 Å². The van der Waals surface area contributed by atoms with E-state index < -0.39 is 0 Å². The molecule has 46 heavy (non-hydrogen) atoms. The van der Waals surface area contributed by atoms with Crippen molar-refractivity contribution in [2.75, 3.05) is 6.61 Å². The molecule has 0 heterocycles. The fourth-order valence-corrected chi connectivity index (χ4v) is 7.27. The van der Waals surface area contributed by atoms with Crippen LogP contribution < -0.4 is 0 Å². The third-order valence-electron chi connectivity index (χ3n) is 10.3. The summed E-state index contributed by atoms with van der Waals surface area (Å²) < 4.78 is 5.60. The smallest absolute Gasteiger partial charge is 0.338 e. The summed E-state index contributed by atoms with van der Waals surface area (Å²) in [4.78, 5) is 12.6. The average molecular weight is 631 g/mol.